The third-order valence-electron chi connectivity index (χ3n) is 2.45. The van der Waals surface area contributed by atoms with Crippen molar-refractivity contribution in [3.63, 3.8) is 0 Å². The quantitative estimate of drug-likeness (QED) is 0.610. The highest BCUT2D eigenvalue weighted by Crippen LogP contribution is 2.14. The van der Waals surface area contributed by atoms with Crippen LogP contribution in [-0.2, 0) is 9.47 Å². The molecular weight excluding hydrogens is 178 g/mol. The highest BCUT2D eigenvalue weighted by atomic mass is 16.5. The topological polar surface area (TPSA) is 30.5 Å². The summed E-state index contributed by atoms with van der Waals surface area (Å²) in [6, 6.07) is 0.254. The molecule has 0 amide bonds. The van der Waals surface area contributed by atoms with Crippen molar-refractivity contribution in [3.8, 4) is 0 Å². The molecule has 0 rings (SSSR count). The van der Waals surface area contributed by atoms with Crippen molar-refractivity contribution in [2.24, 2.45) is 0 Å². The van der Waals surface area contributed by atoms with E-state index in [-0.39, 0.29) is 11.6 Å². The lowest BCUT2D eigenvalue weighted by atomic mass is 9.99. The predicted molar refractivity (Wildman–Crippen MR) is 59.7 cm³/mol. The summed E-state index contributed by atoms with van der Waals surface area (Å²) in [5, 5.41) is 3.38. The van der Waals surface area contributed by atoms with Crippen LogP contribution in [0.1, 0.15) is 34.1 Å². The van der Waals surface area contributed by atoms with Crippen LogP contribution in [0.2, 0.25) is 0 Å². The number of nitrogens with one attached hydrogen (secondary N) is 1. The van der Waals surface area contributed by atoms with Crippen molar-refractivity contribution in [2.45, 2.75) is 45.8 Å². The Kier molecular flexibility index (Phi) is 7.15. The van der Waals surface area contributed by atoms with Gasteiger partial charge in [0.05, 0.1) is 18.2 Å². The molecule has 0 aromatic rings. The molecule has 14 heavy (non-hydrogen) atoms. The maximum Gasteiger partial charge on any atom is 0.0797 e. The summed E-state index contributed by atoms with van der Waals surface area (Å²) in [4.78, 5) is 0. The minimum Gasteiger partial charge on any atom is -0.380 e. The molecule has 0 aromatic heterocycles. The molecule has 0 spiro atoms. The van der Waals surface area contributed by atoms with E-state index in [9.17, 15) is 0 Å². The van der Waals surface area contributed by atoms with E-state index in [1.807, 2.05) is 0 Å². The van der Waals surface area contributed by atoms with Gasteiger partial charge in [-0.05, 0) is 26.8 Å². The Balaban J connectivity index is 4.00. The summed E-state index contributed by atoms with van der Waals surface area (Å²) in [7, 11) is 1.74. The van der Waals surface area contributed by atoms with E-state index in [0.29, 0.717) is 6.61 Å². The minimum atomic E-state index is -0.177. The van der Waals surface area contributed by atoms with Crippen LogP contribution >= 0.6 is 0 Å². The van der Waals surface area contributed by atoms with Crippen molar-refractivity contribution in [2.75, 3.05) is 26.9 Å². The van der Waals surface area contributed by atoms with E-state index in [1.165, 1.54) is 0 Å². The Morgan fingerprint density at radius 3 is 2.36 bits per heavy atom. The number of rotatable bonds is 8. The molecule has 0 fully saturated rings. The lowest BCUT2D eigenvalue weighted by Crippen LogP contribution is -2.50. The van der Waals surface area contributed by atoms with Crippen molar-refractivity contribution in [3.05, 3.63) is 0 Å². The van der Waals surface area contributed by atoms with Gasteiger partial charge in [-0.15, -0.1) is 0 Å². The fourth-order valence-electron chi connectivity index (χ4n) is 1.24. The fraction of sp³-hybridized carbons (Fsp3) is 1.00. The van der Waals surface area contributed by atoms with Gasteiger partial charge in [0.25, 0.3) is 0 Å². The van der Waals surface area contributed by atoms with Gasteiger partial charge >= 0.3 is 0 Å². The van der Waals surface area contributed by atoms with Crippen LogP contribution in [0.15, 0.2) is 0 Å². The normalized spacial score (nSPS) is 14.4. The van der Waals surface area contributed by atoms with Crippen LogP contribution in [0.4, 0.5) is 0 Å². The second-order valence-corrected chi connectivity index (χ2v) is 3.99. The van der Waals surface area contributed by atoms with Crippen molar-refractivity contribution >= 4 is 0 Å². The first-order valence-corrected chi connectivity index (χ1v) is 5.44. The zero-order valence-electron chi connectivity index (χ0n) is 10.2. The summed E-state index contributed by atoms with van der Waals surface area (Å²) in [6.45, 7) is 10.8. The van der Waals surface area contributed by atoms with Gasteiger partial charge in [-0.1, -0.05) is 13.8 Å². The van der Waals surface area contributed by atoms with Crippen LogP contribution in [0.3, 0.4) is 0 Å². The largest absolute Gasteiger partial charge is 0.380 e. The van der Waals surface area contributed by atoms with Crippen LogP contribution in [0.25, 0.3) is 0 Å². The smallest absolute Gasteiger partial charge is 0.0797 e. The summed E-state index contributed by atoms with van der Waals surface area (Å²) in [5.74, 6) is 0. The molecule has 0 saturated carbocycles. The van der Waals surface area contributed by atoms with Crippen LogP contribution in [0, 0.1) is 0 Å². The number of hydrogen-bond donors (Lipinski definition) is 1. The number of hydrogen-bond acceptors (Lipinski definition) is 3. The molecule has 0 bridgehead atoms. The van der Waals surface area contributed by atoms with Gasteiger partial charge in [0, 0.05) is 13.7 Å². The lowest BCUT2D eigenvalue weighted by Gasteiger charge is -2.33. The van der Waals surface area contributed by atoms with Gasteiger partial charge < -0.3 is 14.8 Å². The first-order valence-electron chi connectivity index (χ1n) is 5.44. The molecule has 0 saturated heterocycles. The Hall–Kier alpha value is -0.120. The van der Waals surface area contributed by atoms with E-state index in [4.69, 9.17) is 9.47 Å². The van der Waals surface area contributed by atoms with Crippen LogP contribution in [-0.4, -0.2) is 38.5 Å². The lowest BCUT2D eigenvalue weighted by molar-refractivity contribution is -0.0381. The maximum absolute atomic E-state index is 5.54. The summed E-state index contributed by atoms with van der Waals surface area (Å²) in [6.07, 6.45) is 1.06. The summed E-state index contributed by atoms with van der Waals surface area (Å²) >= 11 is 0. The zero-order chi connectivity index (χ0) is 11.0. The van der Waals surface area contributed by atoms with Gasteiger partial charge in [0.1, 0.15) is 0 Å². The molecule has 3 heteroatoms. The molecular formula is C11H25NO2. The van der Waals surface area contributed by atoms with Crippen molar-refractivity contribution < 1.29 is 9.47 Å². The molecule has 0 radical (unpaired) electrons. The Morgan fingerprint density at radius 1 is 1.29 bits per heavy atom. The average molecular weight is 203 g/mol. The molecule has 0 aliphatic heterocycles. The molecule has 1 N–H and O–H groups in total. The van der Waals surface area contributed by atoms with E-state index in [2.05, 4.69) is 33.0 Å². The fourth-order valence-corrected chi connectivity index (χ4v) is 1.24. The molecule has 1 unspecified atom stereocenters. The first-order chi connectivity index (χ1) is 6.58. The second-order valence-electron chi connectivity index (χ2n) is 3.99. The zero-order valence-corrected chi connectivity index (χ0v) is 10.2. The van der Waals surface area contributed by atoms with Gasteiger partial charge in [-0.25, -0.2) is 0 Å². The van der Waals surface area contributed by atoms with Gasteiger partial charge in [-0.2, -0.15) is 0 Å². The molecule has 1 atom stereocenters. The van der Waals surface area contributed by atoms with E-state index in [1.54, 1.807) is 7.11 Å². The van der Waals surface area contributed by atoms with Gasteiger partial charge in [-0.3, -0.25) is 0 Å². The van der Waals surface area contributed by atoms with Crippen LogP contribution < -0.4 is 5.32 Å². The monoisotopic (exact) mass is 203 g/mol. The van der Waals surface area contributed by atoms with Crippen LogP contribution in [0.5, 0.6) is 0 Å². The standard InChI is InChI=1S/C11H25NO2/c1-6-8-14-9-10(12-7-2)11(3,4)13-5/h10,12H,6-9H2,1-5H3. The minimum absolute atomic E-state index is 0.177. The highest BCUT2D eigenvalue weighted by molar-refractivity contribution is 4.84. The maximum atomic E-state index is 5.54. The summed E-state index contributed by atoms with van der Waals surface area (Å²) < 4.78 is 11.0. The third-order valence-corrected chi connectivity index (χ3v) is 2.45. The van der Waals surface area contributed by atoms with Crippen molar-refractivity contribution in [1.82, 2.24) is 5.32 Å². The predicted octanol–water partition coefficient (Wildman–Crippen LogP) is 1.82. The second kappa shape index (κ2) is 7.21. The SMILES string of the molecule is CCCOCC(NCC)C(C)(C)OC. The molecule has 3 nitrogen and oxygen atoms in total. The average Bonchev–Trinajstić information content (AvgIpc) is 2.17. The Labute approximate surface area is 88.2 Å². The van der Waals surface area contributed by atoms with E-state index < -0.39 is 0 Å². The van der Waals surface area contributed by atoms with E-state index >= 15 is 0 Å². The van der Waals surface area contributed by atoms with Crippen molar-refractivity contribution in [1.29, 1.82) is 0 Å². The molecule has 0 aromatic carbocycles. The first kappa shape index (κ1) is 13.9. The Morgan fingerprint density at radius 2 is 1.93 bits per heavy atom. The third kappa shape index (κ3) is 4.94. The highest BCUT2D eigenvalue weighted by Gasteiger charge is 2.28. The number of ether oxygens (including phenoxy) is 2. The molecule has 0 aliphatic carbocycles. The number of methoxy groups -OCH3 is 1. The molecule has 0 aliphatic rings. The Bertz CT molecular complexity index is 137. The summed E-state index contributed by atoms with van der Waals surface area (Å²) in [5.41, 5.74) is -0.177. The molecule has 86 valence electrons. The number of likely N-dealkylation sites (N-methyl/N-ethyl adjacent to an activating group) is 1. The molecule has 0 heterocycles. The van der Waals surface area contributed by atoms with Gasteiger partial charge in [0.15, 0.2) is 0 Å². The van der Waals surface area contributed by atoms with Gasteiger partial charge in [0.2, 0.25) is 0 Å². The van der Waals surface area contributed by atoms with E-state index in [0.717, 1.165) is 19.6 Å².